The van der Waals surface area contributed by atoms with Crippen molar-refractivity contribution >= 4 is 6.01 Å². The van der Waals surface area contributed by atoms with Gasteiger partial charge in [-0.3, -0.25) is 0 Å². The fourth-order valence-electron chi connectivity index (χ4n) is 1.68. The summed E-state index contributed by atoms with van der Waals surface area (Å²) in [5.74, 6) is 0. The topological polar surface area (TPSA) is 69.7 Å². The molecule has 0 aliphatic carbocycles. The summed E-state index contributed by atoms with van der Waals surface area (Å²) < 4.78 is 5.29. The van der Waals surface area contributed by atoms with Crippen molar-refractivity contribution in [2.24, 2.45) is 0 Å². The molecule has 0 bridgehead atoms. The van der Waals surface area contributed by atoms with Gasteiger partial charge in [0.15, 0.2) is 0 Å². The Hall–Kier alpha value is -1.85. The SMILES string of the molecule is OCCN(Cc1ccccc1)c1nc(CO)co1. The van der Waals surface area contributed by atoms with Crippen LogP contribution in [0.2, 0.25) is 0 Å². The van der Waals surface area contributed by atoms with Crippen molar-refractivity contribution in [2.45, 2.75) is 13.2 Å². The second-order valence-electron chi connectivity index (χ2n) is 3.91. The molecule has 0 saturated carbocycles. The van der Waals surface area contributed by atoms with Gasteiger partial charge in [0, 0.05) is 13.1 Å². The van der Waals surface area contributed by atoms with E-state index in [1.54, 1.807) is 0 Å². The Bertz CT molecular complexity index is 470. The van der Waals surface area contributed by atoms with Crippen molar-refractivity contribution in [3.63, 3.8) is 0 Å². The summed E-state index contributed by atoms with van der Waals surface area (Å²) in [6.07, 6.45) is 1.42. The van der Waals surface area contributed by atoms with Gasteiger partial charge in [-0.1, -0.05) is 30.3 Å². The number of nitrogens with zero attached hydrogens (tertiary/aromatic N) is 2. The molecule has 0 atom stereocenters. The van der Waals surface area contributed by atoms with E-state index in [-0.39, 0.29) is 13.2 Å². The number of hydrogen-bond donors (Lipinski definition) is 2. The third kappa shape index (κ3) is 3.09. The number of benzene rings is 1. The number of hydrogen-bond acceptors (Lipinski definition) is 5. The van der Waals surface area contributed by atoms with Crippen LogP contribution in [0.15, 0.2) is 41.0 Å². The third-order valence-electron chi connectivity index (χ3n) is 2.56. The Kier molecular flexibility index (Phi) is 4.33. The zero-order chi connectivity index (χ0) is 12.8. The van der Waals surface area contributed by atoms with Crippen LogP contribution in [0.1, 0.15) is 11.3 Å². The second kappa shape index (κ2) is 6.18. The maximum Gasteiger partial charge on any atom is 0.297 e. The van der Waals surface area contributed by atoms with Crippen molar-refractivity contribution < 1.29 is 14.6 Å². The molecule has 2 N–H and O–H groups in total. The van der Waals surface area contributed by atoms with Crippen LogP contribution in [0.5, 0.6) is 0 Å². The first-order valence-corrected chi connectivity index (χ1v) is 5.78. The monoisotopic (exact) mass is 248 g/mol. The Morgan fingerprint density at radius 3 is 2.56 bits per heavy atom. The van der Waals surface area contributed by atoms with Gasteiger partial charge in [0.1, 0.15) is 12.0 Å². The van der Waals surface area contributed by atoms with E-state index in [1.165, 1.54) is 6.26 Å². The fourth-order valence-corrected chi connectivity index (χ4v) is 1.68. The van der Waals surface area contributed by atoms with Crippen LogP contribution in [-0.4, -0.2) is 28.3 Å². The highest BCUT2D eigenvalue weighted by atomic mass is 16.4. The maximum absolute atomic E-state index is 9.08. The molecule has 18 heavy (non-hydrogen) atoms. The molecule has 5 nitrogen and oxygen atoms in total. The molecule has 0 unspecified atom stereocenters. The van der Waals surface area contributed by atoms with Crippen molar-refractivity contribution in [1.29, 1.82) is 0 Å². The predicted octanol–water partition coefficient (Wildman–Crippen LogP) is 1.17. The zero-order valence-corrected chi connectivity index (χ0v) is 9.99. The van der Waals surface area contributed by atoms with E-state index in [0.29, 0.717) is 24.8 Å². The maximum atomic E-state index is 9.08. The molecule has 0 fully saturated rings. The summed E-state index contributed by atoms with van der Waals surface area (Å²) in [5, 5.41) is 18.0. The molecule has 1 heterocycles. The third-order valence-corrected chi connectivity index (χ3v) is 2.56. The molecule has 1 aromatic heterocycles. The van der Waals surface area contributed by atoms with Crippen LogP contribution >= 0.6 is 0 Å². The number of aliphatic hydroxyl groups excluding tert-OH is 2. The minimum Gasteiger partial charge on any atom is -0.432 e. The van der Waals surface area contributed by atoms with E-state index in [9.17, 15) is 0 Å². The van der Waals surface area contributed by atoms with Crippen molar-refractivity contribution in [1.82, 2.24) is 4.98 Å². The lowest BCUT2D eigenvalue weighted by Gasteiger charge is -2.19. The van der Waals surface area contributed by atoms with Gasteiger partial charge in [-0.15, -0.1) is 0 Å². The zero-order valence-electron chi connectivity index (χ0n) is 9.99. The standard InChI is InChI=1S/C13H16N2O3/c16-7-6-15(8-11-4-2-1-3-5-11)13-14-12(9-17)10-18-13/h1-5,10,16-17H,6-9H2. The highest BCUT2D eigenvalue weighted by molar-refractivity contribution is 5.30. The molecular formula is C13H16N2O3. The quantitative estimate of drug-likeness (QED) is 0.803. The predicted molar refractivity (Wildman–Crippen MR) is 67.0 cm³/mol. The van der Waals surface area contributed by atoms with E-state index in [4.69, 9.17) is 14.6 Å². The lowest BCUT2D eigenvalue weighted by molar-refractivity contribution is 0.276. The summed E-state index contributed by atoms with van der Waals surface area (Å²) in [7, 11) is 0. The van der Waals surface area contributed by atoms with Gasteiger partial charge in [0.25, 0.3) is 6.01 Å². The smallest absolute Gasteiger partial charge is 0.297 e. The molecule has 2 aromatic rings. The van der Waals surface area contributed by atoms with Crippen LogP contribution in [0.25, 0.3) is 0 Å². The van der Waals surface area contributed by atoms with Crippen LogP contribution in [-0.2, 0) is 13.2 Å². The van der Waals surface area contributed by atoms with Gasteiger partial charge in [-0.05, 0) is 5.56 Å². The summed E-state index contributed by atoms with van der Waals surface area (Å²) in [4.78, 5) is 5.97. The van der Waals surface area contributed by atoms with E-state index >= 15 is 0 Å². The Labute approximate surface area is 105 Å². The van der Waals surface area contributed by atoms with Crippen LogP contribution in [0, 0.1) is 0 Å². The molecule has 0 radical (unpaired) electrons. The van der Waals surface area contributed by atoms with Crippen molar-refractivity contribution in [3.05, 3.63) is 47.9 Å². The summed E-state index contributed by atoms with van der Waals surface area (Å²) in [5.41, 5.74) is 1.59. The highest BCUT2D eigenvalue weighted by Crippen LogP contribution is 2.16. The average molecular weight is 248 g/mol. The van der Waals surface area contributed by atoms with E-state index in [1.807, 2.05) is 35.2 Å². The molecule has 0 aliphatic heterocycles. The van der Waals surface area contributed by atoms with Gasteiger partial charge in [0.2, 0.25) is 0 Å². The Morgan fingerprint density at radius 1 is 1.17 bits per heavy atom. The fraction of sp³-hybridized carbons (Fsp3) is 0.308. The first-order valence-electron chi connectivity index (χ1n) is 5.78. The molecule has 96 valence electrons. The number of anilines is 1. The van der Waals surface area contributed by atoms with Crippen LogP contribution in [0.4, 0.5) is 6.01 Å². The van der Waals surface area contributed by atoms with Gasteiger partial charge < -0.3 is 19.5 Å². The van der Waals surface area contributed by atoms with Gasteiger partial charge in [0.05, 0.1) is 13.2 Å². The molecular weight excluding hydrogens is 232 g/mol. The van der Waals surface area contributed by atoms with Crippen molar-refractivity contribution in [2.75, 3.05) is 18.1 Å². The molecule has 5 heteroatoms. The molecule has 0 amide bonds. The number of aliphatic hydroxyl groups is 2. The molecule has 0 saturated heterocycles. The molecule has 0 spiro atoms. The van der Waals surface area contributed by atoms with Gasteiger partial charge in [-0.25, -0.2) is 0 Å². The van der Waals surface area contributed by atoms with E-state index < -0.39 is 0 Å². The Morgan fingerprint density at radius 2 is 1.94 bits per heavy atom. The summed E-state index contributed by atoms with van der Waals surface area (Å²) >= 11 is 0. The first kappa shape index (κ1) is 12.6. The second-order valence-corrected chi connectivity index (χ2v) is 3.91. The molecule has 2 rings (SSSR count). The first-order chi connectivity index (χ1) is 8.83. The average Bonchev–Trinajstić information content (AvgIpc) is 2.88. The van der Waals surface area contributed by atoms with E-state index in [0.717, 1.165) is 5.56 Å². The number of aromatic nitrogens is 1. The summed E-state index contributed by atoms with van der Waals surface area (Å²) in [6, 6.07) is 10.3. The van der Waals surface area contributed by atoms with Gasteiger partial charge in [-0.2, -0.15) is 4.98 Å². The lowest BCUT2D eigenvalue weighted by Crippen LogP contribution is -2.26. The minimum absolute atomic E-state index is 0.0175. The van der Waals surface area contributed by atoms with E-state index in [2.05, 4.69) is 4.98 Å². The van der Waals surface area contributed by atoms with Crippen LogP contribution in [0.3, 0.4) is 0 Å². The minimum atomic E-state index is -0.151. The van der Waals surface area contributed by atoms with Crippen molar-refractivity contribution in [3.8, 4) is 0 Å². The normalized spacial score (nSPS) is 10.6. The van der Waals surface area contributed by atoms with Gasteiger partial charge >= 0.3 is 0 Å². The Balaban J connectivity index is 2.12. The largest absolute Gasteiger partial charge is 0.432 e. The number of oxazole rings is 1. The molecule has 0 aliphatic rings. The highest BCUT2D eigenvalue weighted by Gasteiger charge is 2.12. The lowest BCUT2D eigenvalue weighted by atomic mass is 10.2. The molecule has 1 aromatic carbocycles. The van der Waals surface area contributed by atoms with Crippen LogP contribution < -0.4 is 4.90 Å². The summed E-state index contributed by atoms with van der Waals surface area (Å²) in [6.45, 7) is 0.901. The number of rotatable bonds is 6.